The Bertz CT molecular complexity index is 909. The van der Waals surface area contributed by atoms with Crippen LogP contribution in [0, 0.1) is 0 Å². The Hall–Kier alpha value is -1.59. The van der Waals surface area contributed by atoms with E-state index in [1.165, 1.54) is 77.0 Å². The van der Waals surface area contributed by atoms with Crippen molar-refractivity contribution in [3.05, 3.63) is 36.4 Å². The monoisotopic (exact) mass is 474 g/mol. The Kier molecular flexibility index (Phi) is 12.9. The Morgan fingerprint density at radius 1 is 0.667 bits per heavy atom. The molecule has 0 amide bonds. The molecule has 0 aromatic heterocycles. The minimum atomic E-state index is -3.52. The van der Waals surface area contributed by atoms with Gasteiger partial charge in [0.05, 0.1) is 4.90 Å². The molecule has 0 saturated heterocycles. The molecule has 0 aliphatic rings. The maximum absolute atomic E-state index is 12.9. The fraction of sp³-hybridized carbons (Fsp3) is 0.643. The van der Waals surface area contributed by atoms with Gasteiger partial charge in [-0.2, -0.15) is 0 Å². The third kappa shape index (κ3) is 9.66. The van der Waals surface area contributed by atoms with Gasteiger partial charge in [0, 0.05) is 37.1 Å². The third-order valence-electron chi connectivity index (χ3n) is 6.45. The first-order chi connectivity index (χ1) is 16.0. The van der Waals surface area contributed by atoms with Crippen LogP contribution in [0.4, 0.5) is 5.69 Å². The average molecular weight is 475 g/mol. The number of anilines is 1. The van der Waals surface area contributed by atoms with Crippen molar-refractivity contribution < 1.29 is 8.42 Å². The van der Waals surface area contributed by atoms with Crippen molar-refractivity contribution in [1.29, 1.82) is 0 Å². The number of hydrogen-bond donors (Lipinski definition) is 1. The average Bonchev–Trinajstić information content (AvgIpc) is 2.80. The zero-order chi connectivity index (χ0) is 23.9. The highest BCUT2D eigenvalue weighted by Gasteiger charge is 2.17. The molecule has 0 radical (unpaired) electrons. The van der Waals surface area contributed by atoms with E-state index in [0.717, 1.165) is 29.3 Å². The first-order valence-corrected chi connectivity index (χ1v) is 14.6. The normalized spacial score (nSPS) is 11.8. The standard InChI is InChI=1S/C28H46N2O2S/c1-4-5-6-7-8-9-10-11-12-13-14-15-16-17-24-29-33(31,32)28-23-19-20-25-26(28)21-18-22-27(25)30(2)3/h18-23,29H,4-17,24H2,1-3H3. The molecule has 4 nitrogen and oxygen atoms in total. The second kappa shape index (κ2) is 15.3. The van der Waals surface area contributed by atoms with Crippen molar-refractivity contribution in [2.45, 2.75) is 102 Å². The molecule has 0 heterocycles. The van der Waals surface area contributed by atoms with Crippen LogP contribution in [0.3, 0.4) is 0 Å². The summed E-state index contributed by atoms with van der Waals surface area (Å²) in [5, 5.41) is 1.74. The number of nitrogens with zero attached hydrogens (tertiary/aromatic N) is 1. The summed E-state index contributed by atoms with van der Waals surface area (Å²) in [5.41, 5.74) is 1.02. The lowest BCUT2D eigenvalue weighted by Crippen LogP contribution is -2.25. The molecule has 0 unspecified atom stereocenters. The number of benzene rings is 2. The molecule has 0 spiro atoms. The van der Waals surface area contributed by atoms with Crippen molar-refractivity contribution in [2.75, 3.05) is 25.5 Å². The summed E-state index contributed by atoms with van der Waals surface area (Å²) < 4.78 is 28.7. The summed E-state index contributed by atoms with van der Waals surface area (Å²) in [6.45, 7) is 2.77. The molecule has 0 atom stereocenters. The largest absolute Gasteiger partial charge is 0.377 e. The molecular weight excluding hydrogens is 428 g/mol. The zero-order valence-electron chi connectivity index (χ0n) is 21.2. The van der Waals surface area contributed by atoms with Gasteiger partial charge < -0.3 is 4.90 Å². The highest BCUT2D eigenvalue weighted by molar-refractivity contribution is 7.89. The van der Waals surface area contributed by atoms with Crippen LogP contribution >= 0.6 is 0 Å². The molecule has 0 bridgehead atoms. The number of rotatable bonds is 18. The summed E-state index contributed by atoms with van der Waals surface area (Å²) >= 11 is 0. The minimum absolute atomic E-state index is 0.370. The molecule has 2 rings (SSSR count). The SMILES string of the molecule is CCCCCCCCCCCCCCCCNS(=O)(=O)c1cccc2c(N(C)C)cccc12. The number of nitrogens with one attached hydrogen (secondary N) is 1. The second-order valence-electron chi connectivity index (χ2n) is 9.52. The molecule has 1 N–H and O–H groups in total. The lowest BCUT2D eigenvalue weighted by Gasteiger charge is -2.17. The van der Waals surface area contributed by atoms with Crippen molar-refractivity contribution in [3.63, 3.8) is 0 Å². The number of unbranched alkanes of at least 4 members (excludes halogenated alkanes) is 13. The zero-order valence-corrected chi connectivity index (χ0v) is 22.1. The lowest BCUT2D eigenvalue weighted by atomic mass is 10.0. The van der Waals surface area contributed by atoms with E-state index in [1.807, 2.05) is 49.3 Å². The third-order valence-corrected chi connectivity index (χ3v) is 7.97. The molecule has 186 valence electrons. The van der Waals surface area contributed by atoms with Gasteiger partial charge in [-0.1, -0.05) is 115 Å². The molecule has 5 heteroatoms. The summed E-state index contributed by atoms with van der Waals surface area (Å²) in [7, 11) is 0.436. The number of hydrogen-bond acceptors (Lipinski definition) is 3. The van der Waals surface area contributed by atoms with Crippen LogP contribution in [0.5, 0.6) is 0 Å². The van der Waals surface area contributed by atoms with Crippen LogP contribution in [-0.4, -0.2) is 29.1 Å². The van der Waals surface area contributed by atoms with E-state index in [2.05, 4.69) is 11.6 Å². The predicted molar refractivity (Wildman–Crippen MR) is 144 cm³/mol. The molecule has 2 aromatic carbocycles. The molecule has 2 aromatic rings. The van der Waals surface area contributed by atoms with Gasteiger partial charge in [0.15, 0.2) is 0 Å². The van der Waals surface area contributed by atoms with Crippen LogP contribution in [0.1, 0.15) is 96.8 Å². The van der Waals surface area contributed by atoms with Crippen LogP contribution in [-0.2, 0) is 10.0 Å². The molecule has 33 heavy (non-hydrogen) atoms. The summed E-state index contributed by atoms with van der Waals surface area (Å²) in [6, 6.07) is 11.3. The van der Waals surface area contributed by atoms with Gasteiger partial charge in [-0.3, -0.25) is 0 Å². The maximum Gasteiger partial charge on any atom is 0.241 e. The first kappa shape index (κ1) is 27.7. The van der Waals surface area contributed by atoms with Crippen molar-refractivity contribution in [3.8, 4) is 0 Å². The maximum atomic E-state index is 12.9. The van der Waals surface area contributed by atoms with E-state index in [1.54, 1.807) is 6.07 Å². The quantitative estimate of drug-likeness (QED) is 0.226. The second-order valence-corrected chi connectivity index (χ2v) is 11.3. The van der Waals surface area contributed by atoms with E-state index < -0.39 is 10.0 Å². The fourth-order valence-corrected chi connectivity index (χ4v) is 5.79. The lowest BCUT2D eigenvalue weighted by molar-refractivity contribution is 0.533. The molecule has 0 fully saturated rings. The van der Waals surface area contributed by atoms with E-state index >= 15 is 0 Å². The van der Waals surface area contributed by atoms with E-state index in [-0.39, 0.29) is 0 Å². The van der Waals surface area contributed by atoms with E-state index in [9.17, 15) is 8.42 Å². The Morgan fingerprint density at radius 3 is 1.70 bits per heavy atom. The summed E-state index contributed by atoms with van der Waals surface area (Å²) in [4.78, 5) is 2.38. The van der Waals surface area contributed by atoms with Crippen molar-refractivity contribution in [2.24, 2.45) is 0 Å². The van der Waals surface area contributed by atoms with Gasteiger partial charge in [-0.15, -0.1) is 0 Å². The van der Waals surface area contributed by atoms with Gasteiger partial charge in [-0.25, -0.2) is 13.1 Å². The van der Waals surface area contributed by atoms with Gasteiger partial charge in [0.2, 0.25) is 10.0 Å². The van der Waals surface area contributed by atoms with Crippen molar-refractivity contribution >= 4 is 26.5 Å². The van der Waals surface area contributed by atoms with Crippen LogP contribution in [0.2, 0.25) is 0 Å². The predicted octanol–water partition coefficient (Wildman–Crippen LogP) is 7.67. The summed E-state index contributed by atoms with van der Waals surface area (Å²) in [6.07, 6.45) is 18.2. The minimum Gasteiger partial charge on any atom is -0.377 e. The molecule has 0 aliphatic carbocycles. The van der Waals surface area contributed by atoms with Gasteiger partial charge in [0.25, 0.3) is 0 Å². The van der Waals surface area contributed by atoms with Gasteiger partial charge in [0.1, 0.15) is 0 Å². The number of sulfonamides is 1. The molecule has 0 aliphatic heterocycles. The van der Waals surface area contributed by atoms with Crippen LogP contribution in [0.25, 0.3) is 10.8 Å². The Labute approximate surface area is 203 Å². The topological polar surface area (TPSA) is 49.4 Å². The highest BCUT2D eigenvalue weighted by Crippen LogP contribution is 2.30. The molecule has 0 saturated carbocycles. The van der Waals surface area contributed by atoms with Gasteiger partial charge >= 0.3 is 0 Å². The van der Waals surface area contributed by atoms with Crippen molar-refractivity contribution in [1.82, 2.24) is 4.72 Å². The Morgan fingerprint density at radius 2 is 1.15 bits per heavy atom. The summed E-state index contributed by atoms with van der Waals surface area (Å²) in [5.74, 6) is 0. The highest BCUT2D eigenvalue weighted by atomic mass is 32.2. The van der Waals surface area contributed by atoms with Crippen LogP contribution in [0.15, 0.2) is 41.3 Å². The molecular formula is C28H46N2O2S. The Balaban J connectivity index is 1.62. The smallest absolute Gasteiger partial charge is 0.241 e. The van der Waals surface area contributed by atoms with E-state index in [4.69, 9.17) is 0 Å². The van der Waals surface area contributed by atoms with E-state index in [0.29, 0.717) is 11.4 Å². The number of fused-ring (bicyclic) bond motifs is 1. The van der Waals surface area contributed by atoms with Crippen LogP contribution < -0.4 is 9.62 Å². The van der Waals surface area contributed by atoms with Gasteiger partial charge in [-0.05, 0) is 18.6 Å². The first-order valence-electron chi connectivity index (χ1n) is 13.2. The fourth-order valence-electron chi connectivity index (χ4n) is 4.49.